The molecule has 2 aliphatic rings. The van der Waals surface area contributed by atoms with Gasteiger partial charge in [-0.05, 0) is 92.2 Å². The molecule has 0 spiro atoms. The lowest BCUT2D eigenvalue weighted by atomic mass is 9.68. The Morgan fingerprint density at radius 3 is 2.07 bits per heavy atom. The van der Waals surface area contributed by atoms with Gasteiger partial charge >= 0.3 is 0 Å². The van der Waals surface area contributed by atoms with Gasteiger partial charge in [0.05, 0.1) is 6.61 Å². The highest BCUT2D eigenvalue weighted by molar-refractivity contribution is 5.39. The van der Waals surface area contributed by atoms with E-state index in [2.05, 4.69) is 39.0 Å². The molecule has 0 bridgehead atoms. The first-order valence-electron chi connectivity index (χ1n) is 12.5. The van der Waals surface area contributed by atoms with Crippen molar-refractivity contribution in [3.05, 3.63) is 29.3 Å². The Morgan fingerprint density at radius 1 is 0.786 bits per heavy atom. The average Bonchev–Trinajstić information content (AvgIpc) is 2.74. The first-order valence-corrected chi connectivity index (χ1v) is 12.5. The zero-order valence-corrected chi connectivity index (χ0v) is 18.8. The smallest absolute Gasteiger partial charge is 0.122 e. The lowest BCUT2D eigenvalue weighted by molar-refractivity contribution is 0.156. The molecule has 2 fully saturated rings. The Labute approximate surface area is 174 Å². The number of ether oxygens (including phenoxy) is 1. The third-order valence-corrected chi connectivity index (χ3v) is 7.56. The molecule has 2 saturated carbocycles. The molecule has 1 nitrogen and oxygen atoms in total. The van der Waals surface area contributed by atoms with Gasteiger partial charge in [-0.1, -0.05) is 65.0 Å². The molecule has 0 radical (unpaired) electrons. The maximum Gasteiger partial charge on any atom is 0.122 e. The van der Waals surface area contributed by atoms with E-state index in [1.165, 1.54) is 76.2 Å². The van der Waals surface area contributed by atoms with Gasteiger partial charge in [-0.25, -0.2) is 0 Å². The van der Waals surface area contributed by atoms with Gasteiger partial charge in [-0.15, -0.1) is 0 Å². The summed E-state index contributed by atoms with van der Waals surface area (Å²) in [5, 5.41) is 0. The first-order chi connectivity index (χ1) is 13.7. The summed E-state index contributed by atoms with van der Waals surface area (Å²) < 4.78 is 6.00. The Hall–Kier alpha value is -0.980. The topological polar surface area (TPSA) is 9.23 Å². The lowest BCUT2D eigenvalue weighted by Crippen LogP contribution is -2.25. The Kier molecular flexibility index (Phi) is 8.74. The largest absolute Gasteiger partial charge is 0.493 e. The fourth-order valence-corrected chi connectivity index (χ4v) is 5.95. The molecule has 2 aliphatic carbocycles. The van der Waals surface area contributed by atoms with Crippen molar-refractivity contribution in [3.63, 3.8) is 0 Å². The monoisotopic (exact) mass is 384 g/mol. The molecule has 1 aromatic carbocycles. The predicted molar refractivity (Wildman–Crippen MR) is 121 cm³/mol. The molecule has 1 aromatic rings. The Bertz CT molecular complexity index is 562. The highest BCUT2D eigenvalue weighted by atomic mass is 16.5. The van der Waals surface area contributed by atoms with Crippen LogP contribution in [0.3, 0.4) is 0 Å². The second kappa shape index (κ2) is 11.3. The summed E-state index contributed by atoms with van der Waals surface area (Å²) in [7, 11) is 0. The Morgan fingerprint density at radius 2 is 1.46 bits per heavy atom. The molecular weight excluding hydrogens is 340 g/mol. The van der Waals surface area contributed by atoms with Gasteiger partial charge in [0, 0.05) is 0 Å². The summed E-state index contributed by atoms with van der Waals surface area (Å²) in [5.41, 5.74) is 3.02. The zero-order valence-electron chi connectivity index (χ0n) is 18.8. The molecule has 0 saturated heterocycles. The molecule has 0 N–H and O–H groups in total. The van der Waals surface area contributed by atoms with Crippen LogP contribution in [0, 0.1) is 17.8 Å². The van der Waals surface area contributed by atoms with Gasteiger partial charge in [-0.2, -0.15) is 0 Å². The zero-order chi connectivity index (χ0) is 19.8. The highest BCUT2D eigenvalue weighted by Gasteiger charge is 2.31. The van der Waals surface area contributed by atoms with Crippen molar-refractivity contribution < 1.29 is 4.74 Å². The summed E-state index contributed by atoms with van der Waals surface area (Å²) in [6.07, 6.45) is 18.1. The fraction of sp³-hybridized carbons (Fsp3) is 0.778. The van der Waals surface area contributed by atoms with Crippen LogP contribution in [0.25, 0.3) is 0 Å². The summed E-state index contributed by atoms with van der Waals surface area (Å²) in [6, 6.07) is 7.11. The minimum atomic E-state index is 0.781. The third kappa shape index (κ3) is 5.77. The molecule has 0 aromatic heterocycles. The predicted octanol–water partition coefficient (Wildman–Crippen LogP) is 8.31. The fourth-order valence-electron chi connectivity index (χ4n) is 5.95. The van der Waals surface area contributed by atoms with E-state index in [-0.39, 0.29) is 0 Å². The van der Waals surface area contributed by atoms with E-state index in [0.29, 0.717) is 0 Å². The third-order valence-electron chi connectivity index (χ3n) is 7.56. The van der Waals surface area contributed by atoms with Crippen molar-refractivity contribution in [2.45, 2.75) is 110 Å². The number of rotatable bonds is 9. The number of benzene rings is 1. The normalized spacial score (nSPS) is 28.2. The minimum Gasteiger partial charge on any atom is -0.493 e. The van der Waals surface area contributed by atoms with Crippen LogP contribution in [0.5, 0.6) is 5.75 Å². The molecule has 1 heteroatoms. The summed E-state index contributed by atoms with van der Waals surface area (Å²) in [4.78, 5) is 0. The van der Waals surface area contributed by atoms with E-state index in [1.54, 1.807) is 5.56 Å². The average molecular weight is 385 g/mol. The number of aryl methyl sites for hydroxylation is 1. The second-order valence-corrected chi connectivity index (χ2v) is 9.65. The molecule has 0 aliphatic heterocycles. The SMILES string of the molecule is CCCOc1ccc(C2CCC(C3CCC(CCC)CC3)CC2)cc1CCC. The van der Waals surface area contributed by atoms with Crippen LogP contribution >= 0.6 is 0 Å². The second-order valence-electron chi connectivity index (χ2n) is 9.65. The van der Waals surface area contributed by atoms with Crippen molar-refractivity contribution in [1.82, 2.24) is 0 Å². The molecule has 158 valence electrons. The van der Waals surface area contributed by atoms with Crippen LogP contribution in [0.1, 0.15) is 115 Å². The maximum absolute atomic E-state index is 6.00. The van der Waals surface area contributed by atoms with Crippen LogP contribution in [-0.2, 0) is 6.42 Å². The van der Waals surface area contributed by atoms with Crippen LogP contribution in [0.4, 0.5) is 0 Å². The number of hydrogen-bond acceptors (Lipinski definition) is 1. The summed E-state index contributed by atoms with van der Waals surface area (Å²) in [5.74, 6) is 5.01. The standard InChI is InChI=1S/C27H44O/c1-4-7-21-9-11-22(12-10-21)23-13-15-24(16-14-23)25-17-18-27(28-19-6-3)26(20-25)8-5-2/h17-18,20-24H,4-16,19H2,1-3H3. The summed E-state index contributed by atoms with van der Waals surface area (Å²) in [6.45, 7) is 7.64. The van der Waals surface area contributed by atoms with Gasteiger partial charge in [0.1, 0.15) is 5.75 Å². The molecule has 0 unspecified atom stereocenters. The van der Waals surface area contributed by atoms with Crippen molar-refractivity contribution in [3.8, 4) is 5.75 Å². The van der Waals surface area contributed by atoms with E-state index < -0.39 is 0 Å². The van der Waals surface area contributed by atoms with Crippen LogP contribution in [0.15, 0.2) is 18.2 Å². The molecule has 3 rings (SSSR count). The van der Waals surface area contributed by atoms with E-state index in [1.807, 2.05) is 0 Å². The minimum absolute atomic E-state index is 0.781. The van der Waals surface area contributed by atoms with Gasteiger partial charge in [-0.3, -0.25) is 0 Å². The van der Waals surface area contributed by atoms with Crippen molar-refractivity contribution in [2.24, 2.45) is 17.8 Å². The van der Waals surface area contributed by atoms with Crippen LogP contribution < -0.4 is 4.74 Å². The molecule has 0 atom stereocenters. The van der Waals surface area contributed by atoms with Gasteiger partial charge in [0.25, 0.3) is 0 Å². The van der Waals surface area contributed by atoms with Crippen LogP contribution in [0.2, 0.25) is 0 Å². The van der Waals surface area contributed by atoms with Gasteiger partial charge in [0.15, 0.2) is 0 Å². The van der Waals surface area contributed by atoms with E-state index in [9.17, 15) is 0 Å². The summed E-state index contributed by atoms with van der Waals surface area (Å²) >= 11 is 0. The molecular formula is C27H44O. The van der Waals surface area contributed by atoms with Crippen molar-refractivity contribution in [1.29, 1.82) is 0 Å². The molecule has 0 heterocycles. The van der Waals surface area contributed by atoms with E-state index in [0.717, 1.165) is 48.9 Å². The van der Waals surface area contributed by atoms with Crippen molar-refractivity contribution in [2.75, 3.05) is 6.61 Å². The number of hydrogen-bond donors (Lipinski definition) is 0. The van der Waals surface area contributed by atoms with Crippen LogP contribution in [-0.4, -0.2) is 6.61 Å². The van der Waals surface area contributed by atoms with E-state index in [4.69, 9.17) is 4.74 Å². The first kappa shape index (κ1) is 21.7. The maximum atomic E-state index is 6.00. The van der Waals surface area contributed by atoms with Gasteiger partial charge < -0.3 is 4.74 Å². The van der Waals surface area contributed by atoms with Gasteiger partial charge in [0.2, 0.25) is 0 Å². The quantitative estimate of drug-likeness (QED) is 0.416. The molecule has 28 heavy (non-hydrogen) atoms. The highest BCUT2D eigenvalue weighted by Crippen LogP contribution is 2.44. The molecule has 0 amide bonds. The van der Waals surface area contributed by atoms with Crippen molar-refractivity contribution >= 4 is 0 Å². The lowest BCUT2D eigenvalue weighted by Gasteiger charge is -2.38. The van der Waals surface area contributed by atoms with E-state index >= 15 is 0 Å². The Balaban J connectivity index is 1.53.